The Kier molecular flexibility index (Phi) is 3.62. The van der Waals surface area contributed by atoms with Gasteiger partial charge in [0.1, 0.15) is 0 Å². The van der Waals surface area contributed by atoms with Gasteiger partial charge in [0.15, 0.2) is 11.5 Å². The first-order valence-corrected chi connectivity index (χ1v) is 4.76. The van der Waals surface area contributed by atoms with Crippen LogP contribution in [-0.2, 0) is 0 Å². The van der Waals surface area contributed by atoms with E-state index in [1.54, 1.807) is 0 Å². The quantitative estimate of drug-likeness (QED) is 0.684. The second kappa shape index (κ2) is 4.57. The number of rotatable bonds is 3. The number of carbonyl (C=O) groups excluding carboxylic acids is 1. The maximum absolute atomic E-state index is 12.1. The van der Waals surface area contributed by atoms with Crippen molar-refractivity contribution >= 4 is 27.4 Å². The first-order chi connectivity index (χ1) is 6.91. The summed E-state index contributed by atoms with van der Waals surface area (Å²) in [6.07, 6.45) is 0. The fourth-order valence-corrected chi connectivity index (χ4v) is 1.66. The Morgan fingerprint density at radius 2 is 2.13 bits per heavy atom. The number of hydrogen-bond acceptors (Lipinski definition) is 3. The fourth-order valence-electron chi connectivity index (χ4n) is 1.08. The zero-order valence-corrected chi connectivity index (χ0v) is 9.35. The predicted molar refractivity (Wildman–Crippen MR) is 55.2 cm³/mol. The minimum Gasteiger partial charge on any atom is -0.433 e. The number of Topliss-reactive ketones (excluding diaryl/α,β-unsaturated/α-hetero) is 1. The Labute approximate surface area is 93.3 Å². The highest BCUT2D eigenvalue weighted by atomic mass is 79.9. The van der Waals surface area contributed by atoms with Crippen LogP contribution in [0.5, 0.6) is 5.75 Å². The molecule has 0 heterocycles. The topological polar surface area (TPSA) is 52.3 Å². The van der Waals surface area contributed by atoms with E-state index in [4.69, 9.17) is 5.73 Å². The van der Waals surface area contributed by atoms with E-state index < -0.39 is 12.4 Å². The van der Waals surface area contributed by atoms with Crippen molar-refractivity contribution in [2.24, 2.45) is 0 Å². The van der Waals surface area contributed by atoms with Crippen LogP contribution in [0, 0.1) is 0 Å². The average molecular weight is 280 g/mol. The summed E-state index contributed by atoms with van der Waals surface area (Å²) >= 11 is 3.00. The lowest BCUT2D eigenvalue weighted by molar-refractivity contribution is -0.0506. The normalized spacial score (nSPS) is 10.5. The summed E-state index contributed by atoms with van der Waals surface area (Å²) in [7, 11) is 0. The third kappa shape index (κ3) is 2.89. The SMILES string of the molecule is CC(=O)c1cc(N)cc(Br)c1OC(F)F. The Morgan fingerprint density at radius 3 is 2.60 bits per heavy atom. The number of ether oxygens (including phenoxy) is 1. The molecule has 3 nitrogen and oxygen atoms in total. The third-order valence-electron chi connectivity index (χ3n) is 1.65. The Balaban J connectivity index is 3.27. The Hall–Kier alpha value is -1.17. The number of benzene rings is 1. The van der Waals surface area contributed by atoms with Gasteiger partial charge in [0, 0.05) is 5.69 Å². The Morgan fingerprint density at radius 1 is 1.53 bits per heavy atom. The highest BCUT2D eigenvalue weighted by Gasteiger charge is 2.17. The minimum absolute atomic E-state index is 0.0298. The van der Waals surface area contributed by atoms with Crippen LogP contribution < -0.4 is 10.5 Å². The zero-order valence-electron chi connectivity index (χ0n) is 7.76. The summed E-state index contributed by atoms with van der Waals surface area (Å²) in [5.74, 6) is -0.578. The van der Waals surface area contributed by atoms with Gasteiger partial charge in [-0.3, -0.25) is 4.79 Å². The molecule has 15 heavy (non-hydrogen) atoms. The molecule has 0 amide bonds. The molecule has 0 fully saturated rings. The molecule has 0 bridgehead atoms. The molecule has 1 aromatic rings. The molecule has 0 saturated carbocycles. The largest absolute Gasteiger partial charge is 0.433 e. The lowest BCUT2D eigenvalue weighted by Crippen LogP contribution is -2.08. The first-order valence-electron chi connectivity index (χ1n) is 3.96. The predicted octanol–water partition coefficient (Wildman–Crippen LogP) is 2.84. The molecule has 0 aliphatic rings. The minimum atomic E-state index is -2.98. The number of alkyl halides is 2. The van der Waals surface area contributed by atoms with Gasteiger partial charge in [0.2, 0.25) is 0 Å². The van der Waals surface area contributed by atoms with Crippen molar-refractivity contribution in [3.63, 3.8) is 0 Å². The van der Waals surface area contributed by atoms with Gasteiger partial charge in [-0.2, -0.15) is 8.78 Å². The molecule has 0 unspecified atom stereocenters. The van der Waals surface area contributed by atoms with Crippen molar-refractivity contribution in [2.45, 2.75) is 13.5 Å². The number of hydrogen-bond donors (Lipinski definition) is 1. The van der Waals surface area contributed by atoms with Gasteiger partial charge in [0.05, 0.1) is 10.0 Å². The number of ketones is 1. The highest BCUT2D eigenvalue weighted by molar-refractivity contribution is 9.10. The van der Waals surface area contributed by atoms with Crippen molar-refractivity contribution in [3.05, 3.63) is 22.2 Å². The number of carbonyl (C=O) groups is 1. The molecule has 0 saturated heterocycles. The summed E-state index contributed by atoms with van der Waals surface area (Å²) in [6, 6.07) is 2.69. The van der Waals surface area contributed by atoms with Gasteiger partial charge in [-0.1, -0.05) is 0 Å². The monoisotopic (exact) mass is 279 g/mol. The van der Waals surface area contributed by atoms with E-state index in [9.17, 15) is 13.6 Å². The summed E-state index contributed by atoms with van der Waals surface area (Å²) in [5.41, 5.74) is 5.80. The van der Waals surface area contributed by atoms with Crippen LogP contribution in [0.25, 0.3) is 0 Å². The van der Waals surface area contributed by atoms with Crippen molar-refractivity contribution in [1.82, 2.24) is 0 Å². The van der Waals surface area contributed by atoms with Crippen molar-refractivity contribution < 1.29 is 18.3 Å². The average Bonchev–Trinajstić information content (AvgIpc) is 2.08. The second-order valence-corrected chi connectivity index (χ2v) is 3.67. The molecular formula is C9H8BrF2NO2. The van der Waals surface area contributed by atoms with Crippen LogP contribution in [0.4, 0.5) is 14.5 Å². The van der Waals surface area contributed by atoms with Crippen LogP contribution in [0.1, 0.15) is 17.3 Å². The molecule has 0 aliphatic carbocycles. The smallest absolute Gasteiger partial charge is 0.387 e. The molecule has 0 atom stereocenters. The van der Waals surface area contributed by atoms with Gasteiger partial charge >= 0.3 is 6.61 Å². The number of anilines is 1. The molecule has 2 N–H and O–H groups in total. The van der Waals surface area contributed by atoms with E-state index >= 15 is 0 Å². The molecule has 1 aromatic carbocycles. The van der Waals surface area contributed by atoms with Gasteiger partial charge in [-0.05, 0) is 35.0 Å². The fraction of sp³-hybridized carbons (Fsp3) is 0.222. The number of nitrogens with two attached hydrogens (primary N) is 1. The highest BCUT2D eigenvalue weighted by Crippen LogP contribution is 2.33. The summed E-state index contributed by atoms with van der Waals surface area (Å²) in [5, 5.41) is 0. The van der Waals surface area contributed by atoms with E-state index in [-0.39, 0.29) is 15.8 Å². The maximum atomic E-state index is 12.1. The standard InChI is InChI=1S/C9H8BrF2NO2/c1-4(14)6-2-5(13)3-7(10)8(6)15-9(11)12/h2-3,9H,13H2,1H3. The maximum Gasteiger partial charge on any atom is 0.387 e. The summed E-state index contributed by atoms with van der Waals surface area (Å²) < 4.78 is 28.6. The van der Waals surface area contributed by atoms with E-state index in [0.29, 0.717) is 5.69 Å². The van der Waals surface area contributed by atoms with Crippen molar-refractivity contribution in [1.29, 1.82) is 0 Å². The molecule has 82 valence electrons. The van der Waals surface area contributed by atoms with Gasteiger partial charge in [0.25, 0.3) is 0 Å². The van der Waals surface area contributed by atoms with Crippen LogP contribution in [-0.4, -0.2) is 12.4 Å². The molecule has 0 aliphatic heterocycles. The summed E-state index contributed by atoms with van der Waals surface area (Å²) in [4.78, 5) is 11.2. The number of halogens is 3. The third-order valence-corrected chi connectivity index (χ3v) is 2.24. The van der Waals surface area contributed by atoms with Crippen LogP contribution in [0.15, 0.2) is 16.6 Å². The molecule has 6 heteroatoms. The summed E-state index contributed by atoms with van der Waals surface area (Å²) in [6.45, 7) is -1.73. The first kappa shape index (κ1) is 11.9. The zero-order chi connectivity index (χ0) is 11.6. The van der Waals surface area contributed by atoms with Crippen LogP contribution in [0.3, 0.4) is 0 Å². The number of nitrogen functional groups attached to an aromatic ring is 1. The van der Waals surface area contributed by atoms with Crippen molar-refractivity contribution in [2.75, 3.05) is 5.73 Å². The van der Waals surface area contributed by atoms with Crippen LogP contribution >= 0.6 is 15.9 Å². The molecule has 0 radical (unpaired) electrons. The van der Waals surface area contributed by atoms with E-state index in [2.05, 4.69) is 20.7 Å². The van der Waals surface area contributed by atoms with Crippen molar-refractivity contribution in [3.8, 4) is 5.75 Å². The molecule has 0 aromatic heterocycles. The lowest BCUT2D eigenvalue weighted by Gasteiger charge is -2.11. The van der Waals surface area contributed by atoms with E-state index in [1.165, 1.54) is 19.1 Å². The van der Waals surface area contributed by atoms with E-state index in [1.807, 2.05) is 0 Å². The van der Waals surface area contributed by atoms with Gasteiger partial charge in [-0.25, -0.2) is 0 Å². The van der Waals surface area contributed by atoms with Crippen LogP contribution in [0.2, 0.25) is 0 Å². The lowest BCUT2D eigenvalue weighted by atomic mass is 10.1. The molecule has 1 rings (SSSR count). The van der Waals surface area contributed by atoms with Gasteiger partial charge < -0.3 is 10.5 Å². The van der Waals surface area contributed by atoms with E-state index in [0.717, 1.165) is 0 Å². The van der Waals surface area contributed by atoms with Gasteiger partial charge in [-0.15, -0.1) is 0 Å². The Bertz CT molecular complexity index is 396. The molecular weight excluding hydrogens is 272 g/mol. The second-order valence-electron chi connectivity index (χ2n) is 2.81. The molecule has 0 spiro atoms.